The quantitative estimate of drug-likeness (QED) is 0.838. The number of hydrogen-bond acceptors (Lipinski definition) is 2. The standard InChI is InChI=1S/C8H5ClF3O2/c9-6-3-1-2-5(4-13)7(6)14-8(10,11)12/h1-4,13H. The summed E-state index contributed by atoms with van der Waals surface area (Å²) in [5.41, 5.74) is -0.130. The van der Waals surface area contributed by atoms with Crippen molar-refractivity contribution in [1.29, 1.82) is 0 Å². The highest BCUT2D eigenvalue weighted by Crippen LogP contribution is 2.33. The number of para-hydroxylation sites is 1. The van der Waals surface area contributed by atoms with E-state index < -0.39 is 12.1 Å². The molecule has 0 fully saturated rings. The normalized spacial score (nSPS) is 11.5. The highest BCUT2D eigenvalue weighted by Gasteiger charge is 2.33. The Labute approximate surface area is 82.9 Å². The second kappa shape index (κ2) is 4.06. The smallest absolute Gasteiger partial charge is 0.404 e. The van der Waals surface area contributed by atoms with Gasteiger partial charge in [0.1, 0.15) is 6.61 Å². The summed E-state index contributed by atoms with van der Waals surface area (Å²) in [6, 6.07) is 3.87. The Morgan fingerprint density at radius 3 is 2.50 bits per heavy atom. The summed E-state index contributed by atoms with van der Waals surface area (Å²) in [5, 5.41) is 8.39. The largest absolute Gasteiger partial charge is 0.573 e. The van der Waals surface area contributed by atoms with Crippen molar-refractivity contribution < 1.29 is 23.0 Å². The summed E-state index contributed by atoms with van der Waals surface area (Å²) in [4.78, 5) is 0. The van der Waals surface area contributed by atoms with Crippen LogP contribution in [0, 0.1) is 6.61 Å². The zero-order valence-electron chi connectivity index (χ0n) is 6.68. The van der Waals surface area contributed by atoms with Gasteiger partial charge in [-0.15, -0.1) is 13.2 Å². The lowest BCUT2D eigenvalue weighted by atomic mass is 10.2. The van der Waals surface area contributed by atoms with E-state index in [1.165, 1.54) is 18.2 Å². The van der Waals surface area contributed by atoms with Crippen molar-refractivity contribution in [2.45, 2.75) is 6.36 Å². The van der Waals surface area contributed by atoms with Crippen LogP contribution in [-0.4, -0.2) is 11.5 Å². The third-order valence-corrected chi connectivity index (χ3v) is 1.65. The van der Waals surface area contributed by atoms with Gasteiger partial charge in [-0.3, -0.25) is 0 Å². The second-order valence-electron chi connectivity index (χ2n) is 2.34. The Balaban J connectivity index is 3.05. The molecule has 1 N–H and O–H groups in total. The molecule has 0 saturated carbocycles. The van der Waals surface area contributed by atoms with Crippen LogP contribution >= 0.6 is 11.6 Å². The van der Waals surface area contributed by atoms with Crippen LogP contribution in [0.2, 0.25) is 5.02 Å². The average Bonchev–Trinajstić information content (AvgIpc) is 2.06. The molecule has 1 aromatic carbocycles. The molecule has 0 aliphatic carbocycles. The van der Waals surface area contributed by atoms with Gasteiger partial charge >= 0.3 is 6.36 Å². The lowest BCUT2D eigenvalue weighted by Crippen LogP contribution is -2.18. The number of alkyl halides is 3. The Hall–Kier alpha value is -0.940. The van der Waals surface area contributed by atoms with E-state index in [0.717, 1.165) is 0 Å². The summed E-state index contributed by atoms with van der Waals surface area (Å²) in [6.45, 7) is 0.493. The minimum Gasteiger partial charge on any atom is -0.404 e. The van der Waals surface area contributed by atoms with Crippen LogP contribution in [0.1, 0.15) is 5.56 Å². The molecule has 1 aromatic rings. The van der Waals surface area contributed by atoms with Crippen LogP contribution in [0.25, 0.3) is 0 Å². The fourth-order valence-electron chi connectivity index (χ4n) is 0.851. The maximum Gasteiger partial charge on any atom is 0.573 e. The van der Waals surface area contributed by atoms with E-state index in [-0.39, 0.29) is 10.6 Å². The van der Waals surface area contributed by atoms with Crippen molar-refractivity contribution in [2.75, 3.05) is 0 Å². The molecule has 0 spiro atoms. The monoisotopic (exact) mass is 225 g/mol. The Morgan fingerprint density at radius 2 is 2.00 bits per heavy atom. The van der Waals surface area contributed by atoms with Gasteiger partial charge in [-0.25, -0.2) is 0 Å². The zero-order valence-corrected chi connectivity index (χ0v) is 7.43. The molecule has 0 bridgehead atoms. The Morgan fingerprint density at radius 1 is 1.36 bits per heavy atom. The number of aliphatic hydroxyl groups excluding tert-OH is 1. The molecule has 0 heterocycles. The number of hydrogen-bond donors (Lipinski definition) is 1. The fourth-order valence-corrected chi connectivity index (χ4v) is 1.07. The summed E-state index contributed by atoms with van der Waals surface area (Å²) < 4.78 is 39.2. The van der Waals surface area contributed by atoms with Crippen molar-refractivity contribution in [3.8, 4) is 5.75 Å². The SMILES string of the molecule is O[CH]c1cccc(Cl)c1OC(F)(F)F. The van der Waals surface area contributed by atoms with Crippen LogP contribution in [0.4, 0.5) is 13.2 Å². The molecule has 0 saturated heterocycles. The molecule has 6 heteroatoms. The molecule has 0 aromatic heterocycles. The van der Waals surface area contributed by atoms with Gasteiger partial charge in [0.2, 0.25) is 0 Å². The van der Waals surface area contributed by atoms with Crippen molar-refractivity contribution in [3.05, 3.63) is 35.4 Å². The molecule has 0 unspecified atom stereocenters. The summed E-state index contributed by atoms with van der Waals surface area (Å²) >= 11 is 5.46. The number of rotatable bonds is 2. The first-order valence-corrected chi connectivity index (χ1v) is 3.83. The third-order valence-electron chi connectivity index (χ3n) is 1.35. The van der Waals surface area contributed by atoms with Gasteiger partial charge in [-0.2, -0.15) is 0 Å². The molecule has 1 rings (SSSR count). The topological polar surface area (TPSA) is 29.5 Å². The lowest BCUT2D eigenvalue weighted by molar-refractivity contribution is -0.274. The minimum absolute atomic E-state index is 0.130. The molecular weight excluding hydrogens is 221 g/mol. The molecule has 77 valence electrons. The summed E-state index contributed by atoms with van der Waals surface area (Å²) in [6.07, 6.45) is -4.83. The molecule has 0 atom stereocenters. The molecular formula is C8H5ClF3O2. The molecule has 0 aliphatic heterocycles. The molecule has 14 heavy (non-hydrogen) atoms. The highest BCUT2D eigenvalue weighted by atomic mass is 35.5. The van der Waals surface area contributed by atoms with Gasteiger partial charge in [-0.1, -0.05) is 23.7 Å². The van der Waals surface area contributed by atoms with E-state index in [1.54, 1.807) is 0 Å². The van der Waals surface area contributed by atoms with Crippen LogP contribution in [-0.2, 0) is 0 Å². The Kier molecular flexibility index (Phi) is 3.23. The first-order valence-electron chi connectivity index (χ1n) is 3.46. The lowest BCUT2D eigenvalue weighted by Gasteiger charge is -2.12. The molecule has 0 aliphatic rings. The zero-order chi connectivity index (χ0) is 10.8. The Bertz CT molecular complexity index is 325. The van der Waals surface area contributed by atoms with Crippen LogP contribution in [0.3, 0.4) is 0 Å². The van der Waals surface area contributed by atoms with E-state index in [0.29, 0.717) is 6.61 Å². The van der Waals surface area contributed by atoms with Crippen LogP contribution in [0.15, 0.2) is 18.2 Å². The van der Waals surface area contributed by atoms with Crippen LogP contribution in [0.5, 0.6) is 5.75 Å². The molecule has 1 radical (unpaired) electrons. The number of benzene rings is 1. The van der Waals surface area contributed by atoms with Gasteiger partial charge < -0.3 is 9.84 Å². The number of ether oxygens (including phenoxy) is 1. The summed E-state index contributed by atoms with van der Waals surface area (Å²) in [7, 11) is 0. The van der Waals surface area contributed by atoms with E-state index >= 15 is 0 Å². The maximum atomic E-state index is 11.9. The minimum atomic E-state index is -4.83. The molecule has 2 nitrogen and oxygen atoms in total. The van der Waals surface area contributed by atoms with Gasteiger partial charge in [0.25, 0.3) is 0 Å². The predicted octanol–water partition coefficient (Wildman–Crippen LogP) is 3.12. The fraction of sp³-hybridized carbons (Fsp3) is 0.125. The maximum absolute atomic E-state index is 11.9. The van der Waals surface area contributed by atoms with E-state index in [4.69, 9.17) is 16.7 Å². The van der Waals surface area contributed by atoms with Crippen molar-refractivity contribution >= 4 is 11.6 Å². The summed E-state index contributed by atoms with van der Waals surface area (Å²) in [5.74, 6) is -0.607. The first kappa shape index (κ1) is 11.1. The van der Waals surface area contributed by atoms with Crippen molar-refractivity contribution in [3.63, 3.8) is 0 Å². The number of aliphatic hydroxyl groups is 1. The van der Waals surface area contributed by atoms with Crippen molar-refractivity contribution in [1.82, 2.24) is 0 Å². The third kappa shape index (κ3) is 2.78. The van der Waals surface area contributed by atoms with Crippen molar-refractivity contribution in [2.24, 2.45) is 0 Å². The highest BCUT2D eigenvalue weighted by molar-refractivity contribution is 6.32. The van der Waals surface area contributed by atoms with E-state index in [9.17, 15) is 13.2 Å². The van der Waals surface area contributed by atoms with Gasteiger partial charge in [0.15, 0.2) is 5.75 Å². The van der Waals surface area contributed by atoms with Gasteiger partial charge in [0, 0.05) is 5.56 Å². The van der Waals surface area contributed by atoms with E-state index in [2.05, 4.69) is 4.74 Å². The van der Waals surface area contributed by atoms with Gasteiger partial charge in [-0.05, 0) is 6.07 Å². The predicted molar refractivity (Wildman–Crippen MR) is 43.5 cm³/mol. The number of halogens is 4. The first-order chi connectivity index (χ1) is 6.44. The average molecular weight is 226 g/mol. The van der Waals surface area contributed by atoms with E-state index in [1.807, 2.05) is 0 Å². The van der Waals surface area contributed by atoms with Crippen LogP contribution < -0.4 is 4.74 Å². The second-order valence-corrected chi connectivity index (χ2v) is 2.74. The molecule has 0 amide bonds. The van der Waals surface area contributed by atoms with Gasteiger partial charge in [0.05, 0.1) is 5.02 Å².